The van der Waals surface area contributed by atoms with E-state index in [1.165, 1.54) is 22.9 Å². The molecule has 150 valence electrons. The predicted octanol–water partition coefficient (Wildman–Crippen LogP) is 4.01. The largest absolute Gasteiger partial charge is 0.454 e. The van der Waals surface area contributed by atoms with Crippen LogP contribution in [0.3, 0.4) is 0 Å². The van der Waals surface area contributed by atoms with Crippen LogP contribution in [0.1, 0.15) is 23.6 Å². The molecule has 0 fully saturated rings. The van der Waals surface area contributed by atoms with Gasteiger partial charge in [-0.15, -0.1) is 0 Å². The fourth-order valence-corrected chi connectivity index (χ4v) is 4.17. The van der Waals surface area contributed by atoms with Gasteiger partial charge in [0.2, 0.25) is 12.7 Å². The van der Waals surface area contributed by atoms with Gasteiger partial charge >= 0.3 is 0 Å². The summed E-state index contributed by atoms with van der Waals surface area (Å²) in [7, 11) is 0. The van der Waals surface area contributed by atoms with Crippen molar-refractivity contribution in [3.05, 3.63) is 65.5 Å². The van der Waals surface area contributed by atoms with Crippen LogP contribution < -0.4 is 14.8 Å². The molecule has 1 amide bonds. The van der Waals surface area contributed by atoms with Crippen molar-refractivity contribution in [2.75, 3.05) is 6.79 Å². The zero-order valence-electron chi connectivity index (χ0n) is 16.6. The third-order valence-electron chi connectivity index (χ3n) is 4.65. The number of nitrogens with zero attached hydrogens (tertiary/aromatic N) is 2. The number of carbonyl (C=O) groups is 1. The lowest BCUT2D eigenvalue weighted by atomic mass is 10.1. The lowest BCUT2D eigenvalue weighted by Crippen LogP contribution is -2.30. The van der Waals surface area contributed by atoms with E-state index in [2.05, 4.69) is 42.3 Å². The van der Waals surface area contributed by atoms with Crippen molar-refractivity contribution in [2.24, 2.45) is 0 Å². The Balaban J connectivity index is 1.40. The van der Waals surface area contributed by atoms with Crippen molar-refractivity contribution in [2.45, 2.75) is 37.7 Å². The maximum atomic E-state index is 12.6. The molecule has 0 saturated carbocycles. The molecule has 1 aromatic heterocycles. The van der Waals surface area contributed by atoms with Gasteiger partial charge in [-0.1, -0.05) is 23.9 Å². The summed E-state index contributed by atoms with van der Waals surface area (Å²) in [4.78, 5) is 17.1. The minimum absolute atomic E-state index is 0.0392. The second-order valence-corrected chi connectivity index (χ2v) is 8.40. The summed E-state index contributed by atoms with van der Waals surface area (Å²) < 4.78 is 12.7. The van der Waals surface area contributed by atoms with E-state index in [9.17, 15) is 4.79 Å². The van der Waals surface area contributed by atoms with E-state index in [0.29, 0.717) is 6.54 Å². The van der Waals surface area contributed by atoms with E-state index in [1.54, 1.807) is 6.20 Å². The van der Waals surface area contributed by atoms with Gasteiger partial charge in [-0.05, 0) is 61.7 Å². The number of thioether (sulfide) groups is 1. The first-order valence-corrected chi connectivity index (χ1v) is 10.3. The fourth-order valence-electron chi connectivity index (χ4n) is 3.26. The molecule has 0 aliphatic carbocycles. The smallest absolute Gasteiger partial charge is 0.233 e. The average Bonchev–Trinajstić information content (AvgIpc) is 3.33. The van der Waals surface area contributed by atoms with E-state index in [1.807, 2.05) is 35.9 Å². The Morgan fingerprint density at radius 3 is 2.72 bits per heavy atom. The van der Waals surface area contributed by atoms with E-state index >= 15 is 0 Å². The van der Waals surface area contributed by atoms with Crippen molar-refractivity contribution in [3.63, 3.8) is 0 Å². The molecule has 0 radical (unpaired) electrons. The number of rotatable bonds is 6. The minimum Gasteiger partial charge on any atom is -0.454 e. The molecule has 6 nitrogen and oxygen atoms in total. The molecule has 0 saturated heterocycles. The summed E-state index contributed by atoms with van der Waals surface area (Å²) in [5.74, 6) is 1.42. The van der Waals surface area contributed by atoms with Crippen LogP contribution in [0.15, 0.2) is 53.9 Å². The molecule has 29 heavy (non-hydrogen) atoms. The van der Waals surface area contributed by atoms with Crippen LogP contribution in [-0.4, -0.2) is 27.5 Å². The molecule has 4 rings (SSSR count). The third kappa shape index (κ3) is 4.40. The monoisotopic (exact) mass is 409 g/mol. The first kappa shape index (κ1) is 19.4. The average molecular weight is 410 g/mol. The topological polar surface area (TPSA) is 65.4 Å². The molecular formula is C22H23N3O3S. The Morgan fingerprint density at radius 1 is 1.17 bits per heavy atom. The Kier molecular flexibility index (Phi) is 5.49. The molecule has 0 spiro atoms. The van der Waals surface area contributed by atoms with Gasteiger partial charge in [-0.2, -0.15) is 0 Å². The highest BCUT2D eigenvalue weighted by Crippen LogP contribution is 2.32. The fraction of sp³-hybridized carbons (Fsp3) is 0.273. The summed E-state index contributed by atoms with van der Waals surface area (Å²) in [5, 5.41) is 3.50. The first-order valence-electron chi connectivity index (χ1n) is 9.44. The van der Waals surface area contributed by atoms with E-state index in [-0.39, 0.29) is 18.0 Å². The van der Waals surface area contributed by atoms with Gasteiger partial charge in [0, 0.05) is 24.6 Å². The highest BCUT2D eigenvalue weighted by molar-refractivity contribution is 8.00. The van der Waals surface area contributed by atoms with Crippen molar-refractivity contribution in [1.82, 2.24) is 14.9 Å². The highest BCUT2D eigenvalue weighted by atomic mass is 32.2. The Labute approximate surface area is 174 Å². The van der Waals surface area contributed by atoms with Crippen LogP contribution in [0.4, 0.5) is 0 Å². The number of benzene rings is 2. The van der Waals surface area contributed by atoms with Gasteiger partial charge in [-0.25, -0.2) is 4.98 Å². The molecule has 7 heteroatoms. The molecule has 3 aromatic rings. The Bertz CT molecular complexity index is 1030. The van der Waals surface area contributed by atoms with Crippen LogP contribution in [0.5, 0.6) is 11.5 Å². The van der Waals surface area contributed by atoms with E-state index in [0.717, 1.165) is 27.9 Å². The molecule has 2 aromatic carbocycles. The molecule has 1 unspecified atom stereocenters. The van der Waals surface area contributed by atoms with Crippen LogP contribution in [0, 0.1) is 13.8 Å². The quantitative estimate of drug-likeness (QED) is 0.623. The minimum atomic E-state index is -0.281. The first-order chi connectivity index (χ1) is 14.0. The number of carbonyl (C=O) groups excluding carboxylic acids is 1. The van der Waals surface area contributed by atoms with Gasteiger partial charge in [0.25, 0.3) is 0 Å². The molecule has 0 bridgehead atoms. The number of fused-ring (bicyclic) bond motifs is 1. The van der Waals surface area contributed by atoms with Gasteiger partial charge in [0.1, 0.15) is 0 Å². The second-order valence-electron chi connectivity index (χ2n) is 7.09. The molecule has 2 heterocycles. The van der Waals surface area contributed by atoms with Crippen LogP contribution in [0.2, 0.25) is 0 Å². The second kappa shape index (κ2) is 8.21. The predicted molar refractivity (Wildman–Crippen MR) is 113 cm³/mol. The summed E-state index contributed by atoms with van der Waals surface area (Å²) in [6, 6.07) is 12.1. The number of amides is 1. The zero-order chi connectivity index (χ0) is 20.4. The molecule has 1 atom stereocenters. The van der Waals surface area contributed by atoms with E-state index in [4.69, 9.17) is 9.47 Å². The van der Waals surface area contributed by atoms with Crippen molar-refractivity contribution in [1.29, 1.82) is 0 Å². The summed E-state index contributed by atoms with van der Waals surface area (Å²) in [6.45, 7) is 6.72. The molecule has 1 aliphatic heterocycles. The van der Waals surface area contributed by atoms with E-state index < -0.39 is 0 Å². The summed E-state index contributed by atoms with van der Waals surface area (Å²) in [6.07, 6.45) is 3.69. The zero-order valence-corrected chi connectivity index (χ0v) is 17.5. The van der Waals surface area contributed by atoms with Crippen LogP contribution in [-0.2, 0) is 11.3 Å². The van der Waals surface area contributed by atoms with Gasteiger partial charge in [0.05, 0.1) is 5.25 Å². The van der Waals surface area contributed by atoms with Gasteiger partial charge in [0.15, 0.2) is 16.7 Å². The Hall–Kier alpha value is -2.93. The number of nitrogens with one attached hydrogen (secondary N) is 1. The summed E-state index contributed by atoms with van der Waals surface area (Å²) in [5.41, 5.74) is 4.41. The van der Waals surface area contributed by atoms with Crippen LogP contribution in [0.25, 0.3) is 5.69 Å². The summed E-state index contributed by atoms with van der Waals surface area (Å²) >= 11 is 1.44. The number of imidazole rings is 1. The standard InChI is InChI=1S/C22H23N3O3S/c1-14-8-15(2)10-18(9-14)25-7-6-23-22(25)29-16(3)21(26)24-12-17-4-5-19-20(11-17)28-13-27-19/h4-11,16H,12-13H2,1-3H3,(H,24,26). The number of hydrogen-bond donors (Lipinski definition) is 1. The lowest BCUT2D eigenvalue weighted by molar-refractivity contribution is -0.120. The normalized spacial score (nSPS) is 13.3. The van der Waals surface area contributed by atoms with Gasteiger partial charge < -0.3 is 14.8 Å². The number of ether oxygens (including phenoxy) is 2. The molecule has 1 aliphatic rings. The molecule has 1 N–H and O–H groups in total. The highest BCUT2D eigenvalue weighted by Gasteiger charge is 2.19. The van der Waals surface area contributed by atoms with Crippen molar-refractivity contribution >= 4 is 17.7 Å². The third-order valence-corrected chi connectivity index (χ3v) is 5.73. The number of aromatic nitrogens is 2. The number of hydrogen-bond acceptors (Lipinski definition) is 5. The van der Waals surface area contributed by atoms with Crippen molar-refractivity contribution in [3.8, 4) is 17.2 Å². The van der Waals surface area contributed by atoms with Gasteiger partial charge in [-0.3, -0.25) is 9.36 Å². The Morgan fingerprint density at radius 2 is 1.93 bits per heavy atom. The molecular weight excluding hydrogens is 386 g/mol. The van der Waals surface area contributed by atoms with Crippen LogP contribution >= 0.6 is 11.8 Å². The van der Waals surface area contributed by atoms with Crippen molar-refractivity contribution < 1.29 is 14.3 Å². The lowest BCUT2D eigenvalue weighted by Gasteiger charge is -2.14. The number of aryl methyl sites for hydroxylation is 2. The SMILES string of the molecule is Cc1cc(C)cc(-n2ccnc2SC(C)C(=O)NCc2ccc3c(c2)OCO3)c1. The maximum absolute atomic E-state index is 12.6. The maximum Gasteiger partial charge on any atom is 0.233 e.